The maximum Gasteiger partial charge on any atom is 0.344 e. The zero-order valence-corrected chi connectivity index (χ0v) is 15.5. The summed E-state index contributed by atoms with van der Waals surface area (Å²) in [6, 6.07) is 17.0. The quantitative estimate of drug-likeness (QED) is 0.478. The summed E-state index contributed by atoms with van der Waals surface area (Å²) in [6.45, 7) is 0.194. The number of anilines is 1. The van der Waals surface area contributed by atoms with Gasteiger partial charge in [-0.15, -0.1) is 11.3 Å². The summed E-state index contributed by atoms with van der Waals surface area (Å²) >= 11 is 1.67. The second-order valence-electron chi connectivity index (χ2n) is 6.26. The van der Waals surface area contributed by atoms with E-state index in [0.29, 0.717) is 22.6 Å². The molecule has 2 aromatic heterocycles. The first-order valence-electron chi connectivity index (χ1n) is 8.71. The summed E-state index contributed by atoms with van der Waals surface area (Å²) in [5.74, 6) is 1.31. The van der Waals surface area contributed by atoms with Gasteiger partial charge in [-0.25, -0.2) is 4.79 Å². The van der Waals surface area contributed by atoms with Crippen LogP contribution in [0.2, 0.25) is 0 Å². The van der Waals surface area contributed by atoms with Crippen molar-refractivity contribution in [2.24, 2.45) is 0 Å². The maximum absolute atomic E-state index is 12.5. The van der Waals surface area contributed by atoms with Gasteiger partial charge in [-0.3, -0.25) is 0 Å². The average Bonchev–Trinajstić information content (AvgIpc) is 3.38. The van der Waals surface area contributed by atoms with E-state index in [1.54, 1.807) is 29.5 Å². The highest BCUT2D eigenvalue weighted by molar-refractivity contribution is 7.10. The molecule has 0 radical (unpaired) electrons. The van der Waals surface area contributed by atoms with Gasteiger partial charge in [0.1, 0.15) is 5.58 Å². The summed E-state index contributed by atoms with van der Waals surface area (Å²) < 4.78 is 16.3. The minimum atomic E-state index is -0.385. The van der Waals surface area contributed by atoms with Gasteiger partial charge in [0, 0.05) is 22.2 Å². The van der Waals surface area contributed by atoms with Crippen molar-refractivity contribution in [2.75, 3.05) is 12.1 Å². The third-order valence-corrected chi connectivity index (χ3v) is 5.29. The standard InChI is InChI=1S/C22H15NO4S/c24-22-18(14-3-5-20-21(12-14)26-13-25-20)11-15-10-16(4-6-19(15)27-22)23-8-7-17-2-1-9-28-17/h1-12,23H,13H2/b8-7+. The Morgan fingerprint density at radius 3 is 2.82 bits per heavy atom. The molecule has 0 saturated carbocycles. The van der Waals surface area contributed by atoms with Gasteiger partial charge in [0.2, 0.25) is 6.79 Å². The van der Waals surface area contributed by atoms with Gasteiger partial charge in [-0.05, 0) is 59.5 Å². The topological polar surface area (TPSA) is 60.7 Å². The molecule has 1 aliphatic rings. The van der Waals surface area contributed by atoms with Crippen LogP contribution in [0, 0.1) is 0 Å². The highest BCUT2D eigenvalue weighted by Crippen LogP contribution is 2.35. The fourth-order valence-electron chi connectivity index (χ4n) is 3.08. The fourth-order valence-corrected chi connectivity index (χ4v) is 3.70. The molecular weight excluding hydrogens is 374 g/mol. The number of hydrogen-bond donors (Lipinski definition) is 1. The number of rotatable bonds is 4. The van der Waals surface area contributed by atoms with Gasteiger partial charge in [-0.2, -0.15) is 0 Å². The molecule has 0 atom stereocenters. The predicted molar refractivity (Wildman–Crippen MR) is 111 cm³/mol. The van der Waals surface area contributed by atoms with Crippen LogP contribution in [0.25, 0.3) is 28.2 Å². The van der Waals surface area contributed by atoms with E-state index >= 15 is 0 Å². The third-order valence-electron chi connectivity index (χ3n) is 4.46. The Morgan fingerprint density at radius 2 is 1.93 bits per heavy atom. The van der Waals surface area contributed by atoms with Crippen molar-refractivity contribution in [3.05, 3.63) is 81.5 Å². The Labute approximate surface area is 164 Å². The van der Waals surface area contributed by atoms with E-state index in [1.165, 1.54) is 4.88 Å². The normalized spacial score (nSPS) is 12.7. The smallest absolute Gasteiger partial charge is 0.344 e. The summed E-state index contributed by atoms with van der Waals surface area (Å²) in [4.78, 5) is 13.6. The molecule has 1 N–H and O–H groups in total. The minimum absolute atomic E-state index is 0.194. The van der Waals surface area contributed by atoms with Gasteiger partial charge in [-0.1, -0.05) is 12.1 Å². The molecule has 0 saturated heterocycles. The molecule has 0 amide bonds. The monoisotopic (exact) mass is 389 g/mol. The van der Waals surface area contributed by atoms with Crippen LogP contribution in [0.4, 0.5) is 5.69 Å². The van der Waals surface area contributed by atoms with Crippen molar-refractivity contribution in [1.82, 2.24) is 0 Å². The molecule has 6 heteroatoms. The van der Waals surface area contributed by atoms with Crippen LogP contribution < -0.4 is 20.4 Å². The van der Waals surface area contributed by atoms with Crippen LogP contribution in [0.3, 0.4) is 0 Å². The Bertz CT molecular complexity index is 1240. The van der Waals surface area contributed by atoms with Gasteiger partial charge in [0.05, 0.1) is 5.56 Å². The lowest BCUT2D eigenvalue weighted by atomic mass is 10.1. The lowest BCUT2D eigenvalue weighted by molar-refractivity contribution is 0.174. The second-order valence-corrected chi connectivity index (χ2v) is 7.24. The average molecular weight is 389 g/mol. The van der Waals surface area contributed by atoms with Gasteiger partial charge < -0.3 is 19.2 Å². The number of hydrogen-bond acceptors (Lipinski definition) is 6. The number of fused-ring (bicyclic) bond motifs is 2. The number of nitrogens with one attached hydrogen (secondary N) is 1. The van der Waals surface area contributed by atoms with E-state index in [1.807, 2.05) is 48.0 Å². The zero-order valence-electron chi connectivity index (χ0n) is 14.7. The Morgan fingerprint density at radius 1 is 1.00 bits per heavy atom. The molecule has 3 heterocycles. The SMILES string of the molecule is O=c1oc2ccc(N/C=C/c3cccs3)cc2cc1-c1ccc2c(c1)OCO2. The molecule has 28 heavy (non-hydrogen) atoms. The molecular formula is C22H15NO4S. The molecule has 0 bridgehead atoms. The van der Waals surface area contributed by atoms with E-state index in [-0.39, 0.29) is 12.4 Å². The molecule has 4 aromatic rings. The summed E-state index contributed by atoms with van der Waals surface area (Å²) in [5, 5.41) is 6.12. The minimum Gasteiger partial charge on any atom is -0.454 e. The molecule has 2 aromatic carbocycles. The van der Waals surface area contributed by atoms with Crippen LogP contribution in [0.5, 0.6) is 11.5 Å². The van der Waals surface area contributed by atoms with Crippen LogP contribution in [-0.4, -0.2) is 6.79 Å². The van der Waals surface area contributed by atoms with Crippen LogP contribution >= 0.6 is 11.3 Å². The molecule has 5 rings (SSSR count). The lowest BCUT2D eigenvalue weighted by Crippen LogP contribution is -2.02. The molecule has 0 spiro atoms. The van der Waals surface area contributed by atoms with E-state index < -0.39 is 0 Å². The highest BCUT2D eigenvalue weighted by Gasteiger charge is 2.16. The highest BCUT2D eigenvalue weighted by atomic mass is 32.1. The first kappa shape index (κ1) is 16.6. The number of ether oxygens (including phenoxy) is 2. The third kappa shape index (κ3) is 3.14. The van der Waals surface area contributed by atoms with Crippen LogP contribution in [0.1, 0.15) is 4.88 Å². The Hall–Kier alpha value is -3.51. The first-order valence-corrected chi connectivity index (χ1v) is 9.59. The maximum atomic E-state index is 12.5. The molecule has 0 aliphatic carbocycles. The van der Waals surface area contributed by atoms with Gasteiger partial charge in [0.25, 0.3) is 0 Å². The van der Waals surface area contributed by atoms with Crippen molar-refractivity contribution in [1.29, 1.82) is 0 Å². The molecule has 1 aliphatic heterocycles. The predicted octanol–water partition coefficient (Wildman–Crippen LogP) is 5.33. The van der Waals surface area contributed by atoms with E-state index in [4.69, 9.17) is 13.9 Å². The van der Waals surface area contributed by atoms with Crippen molar-refractivity contribution in [3.8, 4) is 22.6 Å². The summed E-state index contributed by atoms with van der Waals surface area (Å²) in [6.07, 6.45) is 3.91. The van der Waals surface area contributed by atoms with Crippen LogP contribution in [0.15, 0.2) is 75.4 Å². The van der Waals surface area contributed by atoms with Gasteiger partial charge in [0.15, 0.2) is 11.5 Å². The Balaban J connectivity index is 1.49. The molecule has 0 unspecified atom stereocenters. The number of thiophene rings is 1. The van der Waals surface area contributed by atoms with E-state index in [9.17, 15) is 4.79 Å². The van der Waals surface area contributed by atoms with E-state index in [2.05, 4.69) is 11.4 Å². The molecule has 0 fully saturated rings. The lowest BCUT2D eigenvalue weighted by Gasteiger charge is -2.06. The fraction of sp³-hybridized carbons (Fsp3) is 0.0455. The van der Waals surface area contributed by atoms with Crippen molar-refractivity contribution in [2.45, 2.75) is 0 Å². The van der Waals surface area contributed by atoms with Gasteiger partial charge >= 0.3 is 5.63 Å². The number of benzene rings is 2. The largest absolute Gasteiger partial charge is 0.454 e. The van der Waals surface area contributed by atoms with Crippen molar-refractivity contribution in [3.63, 3.8) is 0 Å². The summed E-state index contributed by atoms with van der Waals surface area (Å²) in [5.41, 5.74) is 2.28. The molecule has 138 valence electrons. The first-order chi connectivity index (χ1) is 13.8. The summed E-state index contributed by atoms with van der Waals surface area (Å²) in [7, 11) is 0. The van der Waals surface area contributed by atoms with Crippen molar-refractivity contribution < 1.29 is 13.9 Å². The molecule has 5 nitrogen and oxygen atoms in total. The Kier molecular flexibility index (Phi) is 4.10. The second kappa shape index (κ2) is 6.90. The zero-order chi connectivity index (χ0) is 18.9. The van der Waals surface area contributed by atoms with Crippen molar-refractivity contribution >= 4 is 34.1 Å². The van der Waals surface area contributed by atoms with E-state index in [0.717, 1.165) is 16.6 Å². The van der Waals surface area contributed by atoms with Crippen LogP contribution in [-0.2, 0) is 0 Å².